The first-order valence-electron chi connectivity index (χ1n) is 5.51. The highest BCUT2D eigenvalue weighted by atomic mass is 16.2. The van der Waals surface area contributed by atoms with Gasteiger partial charge in [0.2, 0.25) is 5.91 Å². The van der Waals surface area contributed by atoms with Crippen LogP contribution in [0.4, 0.5) is 0 Å². The minimum Gasteiger partial charge on any atom is -0.353 e. The number of amides is 1. The molecule has 0 fully saturated rings. The fourth-order valence-electron chi connectivity index (χ4n) is 1.17. The van der Waals surface area contributed by atoms with Crippen LogP contribution in [0.2, 0.25) is 0 Å². The summed E-state index contributed by atoms with van der Waals surface area (Å²) in [4.78, 5) is 13.9. The lowest BCUT2D eigenvalue weighted by atomic mass is 10.0. The van der Waals surface area contributed by atoms with Crippen molar-refractivity contribution in [2.24, 2.45) is 0 Å². The zero-order valence-electron chi connectivity index (χ0n) is 10.8. The second-order valence-electron chi connectivity index (χ2n) is 4.68. The van der Waals surface area contributed by atoms with Gasteiger partial charge >= 0.3 is 0 Å². The number of hydrogen-bond acceptors (Lipinski definition) is 3. The van der Waals surface area contributed by atoms with E-state index in [4.69, 9.17) is 0 Å². The van der Waals surface area contributed by atoms with Gasteiger partial charge in [-0.25, -0.2) is 0 Å². The Bertz CT molecular complexity index is 202. The van der Waals surface area contributed by atoms with Crippen molar-refractivity contribution in [1.82, 2.24) is 15.5 Å². The molecule has 0 aliphatic heterocycles. The number of nitrogens with zero attached hydrogens (tertiary/aromatic N) is 1. The molecule has 1 unspecified atom stereocenters. The van der Waals surface area contributed by atoms with Gasteiger partial charge in [0.15, 0.2) is 0 Å². The second-order valence-corrected chi connectivity index (χ2v) is 4.68. The van der Waals surface area contributed by atoms with Crippen LogP contribution < -0.4 is 10.6 Å². The third kappa shape index (κ3) is 5.14. The molecule has 0 aromatic rings. The summed E-state index contributed by atoms with van der Waals surface area (Å²) in [5.74, 6) is 0.0537. The first-order valence-corrected chi connectivity index (χ1v) is 5.51. The van der Waals surface area contributed by atoms with Crippen LogP contribution >= 0.6 is 0 Å². The predicted molar refractivity (Wildman–Crippen MR) is 63.9 cm³/mol. The highest BCUT2D eigenvalue weighted by Crippen LogP contribution is 2.01. The average molecular weight is 215 g/mol. The molecule has 0 aliphatic carbocycles. The maximum Gasteiger partial charge on any atom is 0.239 e. The van der Waals surface area contributed by atoms with Gasteiger partial charge in [0.1, 0.15) is 0 Å². The van der Waals surface area contributed by atoms with Crippen LogP contribution in [0.5, 0.6) is 0 Å². The normalized spacial score (nSPS) is 14.1. The number of carbonyl (C=O) groups excluding carboxylic acids is 1. The quantitative estimate of drug-likeness (QED) is 0.676. The Morgan fingerprint density at radius 1 is 1.40 bits per heavy atom. The minimum absolute atomic E-state index is 0.0537. The molecule has 2 N–H and O–H groups in total. The lowest BCUT2D eigenvalue weighted by molar-refractivity contribution is -0.126. The summed E-state index contributed by atoms with van der Waals surface area (Å²) in [5, 5.41) is 6.09. The standard InChI is InChI=1S/C11H25N3O/c1-7-13-11(3,4)10(15)12-8-9(2)14(5)6/h9,13H,7-8H2,1-6H3,(H,12,15). The molecule has 0 heterocycles. The van der Waals surface area contributed by atoms with Crippen LogP contribution in [0.15, 0.2) is 0 Å². The van der Waals surface area contributed by atoms with Gasteiger partial charge in [-0.2, -0.15) is 0 Å². The first kappa shape index (κ1) is 14.4. The minimum atomic E-state index is -0.485. The molecule has 0 saturated carbocycles. The summed E-state index contributed by atoms with van der Waals surface area (Å²) in [6, 6.07) is 0.353. The Morgan fingerprint density at radius 3 is 2.33 bits per heavy atom. The number of carbonyl (C=O) groups is 1. The smallest absolute Gasteiger partial charge is 0.239 e. The van der Waals surface area contributed by atoms with E-state index in [1.807, 2.05) is 34.9 Å². The molecule has 0 aromatic carbocycles. The number of nitrogens with one attached hydrogen (secondary N) is 2. The second kappa shape index (κ2) is 6.08. The largest absolute Gasteiger partial charge is 0.353 e. The van der Waals surface area contributed by atoms with Gasteiger partial charge in [0.25, 0.3) is 0 Å². The van der Waals surface area contributed by atoms with Gasteiger partial charge in [-0.3, -0.25) is 4.79 Å². The van der Waals surface area contributed by atoms with Crippen molar-refractivity contribution in [2.45, 2.75) is 39.3 Å². The van der Waals surface area contributed by atoms with Gasteiger partial charge < -0.3 is 15.5 Å². The van der Waals surface area contributed by atoms with Crippen molar-refractivity contribution < 1.29 is 4.79 Å². The van der Waals surface area contributed by atoms with E-state index in [0.29, 0.717) is 12.6 Å². The molecule has 15 heavy (non-hydrogen) atoms. The number of rotatable bonds is 6. The zero-order chi connectivity index (χ0) is 12.1. The summed E-state index contributed by atoms with van der Waals surface area (Å²) in [6.07, 6.45) is 0. The Kier molecular flexibility index (Phi) is 5.83. The maximum atomic E-state index is 11.8. The molecule has 90 valence electrons. The van der Waals surface area contributed by atoms with E-state index in [1.54, 1.807) is 0 Å². The fraction of sp³-hybridized carbons (Fsp3) is 0.909. The van der Waals surface area contributed by atoms with E-state index in [0.717, 1.165) is 6.54 Å². The molecule has 0 aromatic heterocycles. The molecule has 1 atom stereocenters. The van der Waals surface area contributed by atoms with E-state index in [9.17, 15) is 4.79 Å². The van der Waals surface area contributed by atoms with Crippen LogP contribution in [0.25, 0.3) is 0 Å². The highest BCUT2D eigenvalue weighted by Gasteiger charge is 2.26. The van der Waals surface area contributed by atoms with Gasteiger partial charge in [-0.05, 0) is 41.4 Å². The van der Waals surface area contributed by atoms with Crippen molar-refractivity contribution >= 4 is 5.91 Å². The van der Waals surface area contributed by atoms with Crippen molar-refractivity contribution in [1.29, 1.82) is 0 Å². The molecular formula is C11H25N3O. The summed E-state index contributed by atoms with van der Waals surface area (Å²) < 4.78 is 0. The SMILES string of the molecule is CCNC(C)(C)C(=O)NCC(C)N(C)C. The lowest BCUT2D eigenvalue weighted by Gasteiger charge is -2.27. The van der Waals surface area contributed by atoms with Crippen LogP contribution in [0.3, 0.4) is 0 Å². The van der Waals surface area contributed by atoms with Crippen molar-refractivity contribution in [3.8, 4) is 0 Å². The van der Waals surface area contributed by atoms with Crippen LogP contribution in [0.1, 0.15) is 27.7 Å². The van der Waals surface area contributed by atoms with Crippen molar-refractivity contribution in [2.75, 3.05) is 27.2 Å². The van der Waals surface area contributed by atoms with Crippen molar-refractivity contribution in [3.05, 3.63) is 0 Å². The Labute approximate surface area is 93.4 Å². The van der Waals surface area contributed by atoms with Gasteiger partial charge in [-0.15, -0.1) is 0 Å². The fourth-order valence-corrected chi connectivity index (χ4v) is 1.17. The van der Waals surface area contributed by atoms with E-state index in [1.165, 1.54) is 0 Å². The first-order chi connectivity index (χ1) is 6.81. The van der Waals surface area contributed by atoms with Crippen LogP contribution in [-0.4, -0.2) is 49.6 Å². The molecule has 1 amide bonds. The third-order valence-corrected chi connectivity index (χ3v) is 2.63. The van der Waals surface area contributed by atoms with Crippen LogP contribution in [-0.2, 0) is 4.79 Å². The molecule has 0 bridgehead atoms. The molecule has 0 spiro atoms. The molecule has 4 nitrogen and oxygen atoms in total. The number of likely N-dealkylation sites (N-methyl/N-ethyl adjacent to an activating group) is 2. The van der Waals surface area contributed by atoms with Gasteiger partial charge in [0, 0.05) is 12.6 Å². The zero-order valence-corrected chi connectivity index (χ0v) is 10.8. The molecule has 0 rings (SSSR count). The molecular weight excluding hydrogens is 190 g/mol. The average Bonchev–Trinajstić information content (AvgIpc) is 2.13. The van der Waals surface area contributed by atoms with E-state index < -0.39 is 5.54 Å². The predicted octanol–water partition coefficient (Wildman–Crippen LogP) is 0.441. The molecule has 4 heteroatoms. The summed E-state index contributed by atoms with van der Waals surface area (Å²) in [7, 11) is 4.01. The van der Waals surface area contributed by atoms with Gasteiger partial charge in [0.05, 0.1) is 5.54 Å². The van der Waals surface area contributed by atoms with Gasteiger partial charge in [-0.1, -0.05) is 6.92 Å². The third-order valence-electron chi connectivity index (χ3n) is 2.63. The number of hydrogen-bond donors (Lipinski definition) is 2. The highest BCUT2D eigenvalue weighted by molar-refractivity contribution is 5.85. The molecule has 0 saturated heterocycles. The summed E-state index contributed by atoms with van der Waals surface area (Å²) in [6.45, 7) is 9.35. The Balaban J connectivity index is 4.03. The topological polar surface area (TPSA) is 44.4 Å². The monoisotopic (exact) mass is 215 g/mol. The van der Waals surface area contributed by atoms with E-state index in [2.05, 4.69) is 22.5 Å². The Morgan fingerprint density at radius 2 is 1.93 bits per heavy atom. The van der Waals surface area contributed by atoms with E-state index in [-0.39, 0.29) is 5.91 Å². The molecule has 0 aliphatic rings. The summed E-state index contributed by atoms with van der Waals surface area (Å²) >= 11 is 0. The van der Waals surface area contributed by atoms with Crippen molar-refractivity contribution in [3.63, 3.8) is 0 Å². The maximum absolute atomic E-state index is 11.8. The van der Waals surface area contributed by atoms with E-state index >= 15 is 0 Å². The summed E-state index contributed by atoms with van der Waals surface area (Å²) in [5.41, 5.74) is -0.485. The Hall–Kier alpha value is -0.610. The van der Waals surface area contributed by atoms with Crippen LogP contribution in [0, 0.1) is 0 Å². The molecule has 0 radical (unpaired) electrons. The lowest BCUT2D eigenvalue weighted by Crippen LogP contribution is -2.54.